The third-order valence-corrected chi connectivity index (χ3v) is 6.87. The number of rotatable bonds is 4. The van der Waals surface area contributed by atoms with Crippen LogP contribution in [0.4, 0.5) is 11.4 Å². The maximum absolute atomic E-state index is 2.43. The van der Waals surface area contributed by atoms with Gasteiger partial charge in [0.25, 0.3) is 0 Å². The zero-order valence-electron chi connectivity index (χ0n) is 20.1. The number of hydrogen-bond donors (Lipinski definition) is 0. The molecule has 0 aromatic heterocycles. The summed E-state index contributed by atoms with van der Waals surface area (Å²) in [5, 5.41) is 10.1. The van der Waals surface area contributed by atoms with Gasteiger partial charge in [0.2, 0.25) is 0 Å². The highest BCUT2D eigenvalue weighted by molar-refractivity contribution is 6.18. The molecule has 0 spiro atoms. The van der Waals surface area contributed by atoms with Gasteiger partial charge in [0.15, 0.2) is 0 Å². The molecule has 0 heterocycles. The standard InChI is InChI=1S/C34H27N/c1-3-13-26(4-2)35(33-22-24-14-5-7-16-27(24)29-18-9-11-20-31(29)33)34-23-25-15-6-8-17-28(25)30-19-10-12-21-32(30)34/h3-23H,1-2H3/b13-3-,26-4+. The number of fused-ring (bicyclic) bond motifs is 6. The average Bonchev–Trinajstić information content (AvgIpc) is 2.92. The van der Waals surface area contributed by atoms with Gasteiger partial charge in [0.05, 0.1) is 11.4 Å². The first-order chi connectivity index (χ1) is 17.3. The van der Waals surface area contributed by atoms with Crippen LogP contribution in [0.3, 0.4) is 0 Å². The van der Waals surface area contributed by atoms with Gasteiger partial charge >= 0.3 is 0 Å². The van der Waals surface area contributed by atoms with E-state index >= 15 is 0 Å². The van der Waals surface area contributed by atoms with Crippen LogP contribution >= 0.6 is 0 Å². The van der Waals surface area contributed by atoms with E-state index in [4.69, 9.17) is 0 Å². The van der Waals surface area contributed by atoms with E-state index in [0.717, 1.165) is 5.70 Å². The van der Waals surface area contributed by atoms with Gasteiger partial charge in [-0.25, -0.2) is 0 Å². The summed E-state index contributed by atoms with van der Waals surface area (Å²) < 4.78 is 0. The van der Waals surface area contributed by atoms with Crippen molar-refractivity contribution in [2.75, 3.05) is 4.90 Å². The predicted molar refractivity (Wildman–Crippen MR) is 154 cm³/mol. The van der Waals surface area contributed by atoms with Crippen LogP contribution in [-0.4, -0.2) is 0 Å². The molecule has 6 aromatic carbocycles. The molecule has 1 nitrogen and oxygen atoms in total. The maximum Gasteiger partial charge on any atom is 0.0546 e. The van der Waals surface area contributed by atoms with Gasteiger partial charge in [0, 0.05) is 16.5 Å². The molecular formula is C34H27N. The summed E-state index contributed by atoms with van der Waals surface area (Å²) in [6.07, 6.45) is 6.52. The van der Waals surface area contributed by atoms with E-state index in [1.165, 1.54) is 54.5 Å². The van der Waals surface area contributed by atoms with E-state index in [9.17, 15) is 0 Å². The van der Waals surface area contributed by atoms with Gasteiger partial charge in [-0.05, 0) is 64.4 Å². The summed E-state index contributed by atoms with van der Waals surface area (Å²) in [4.78, 5) is 2.43. The Bertz CT molecular complexity index is 1650. The van der Waals surface area contributed by atoms with Crippen molar-refractivity contribution >= 4 is 54.5 Å². The maximum atomic E-state index is 2.43. The molecule has 0 aliphatic rings. The molecule has 0 bridgehead atoms. The first-order valence-electron chi connectivity index (χ1n) is 12.2. The summed E-state index contributed by atoms with van der Waals surface area (Å²) in [6.45, 7) is 4.20. The van der Waals surface area contributed by atoms with Crippen molar-refractivity contribution in [3.63, 3.8) is 0 Å². The number of hydrogen-bond acceptors (Lipinski definition) is 1. The number of nitrogens with zero attached hydrogens (tertiary/aromatic N) is 1. The summed E-state index contributed by atoms with van der Waals surface area (Å²) in [5.74, 6) is 0. The van der Waals surface area contributed by atoms with E-state index in [1.807, 2.05) is 0 Å². The van der Waals surface area contributed by atoms with Gasteiger partial charge < -0.3 is 4.90 Å². The number of anilines is 2. The fourth-order valence-corrected chi connectivity index (χ4v) is 5.32. The molecular weight excluding hydrogens is 422 g/mol. The van der Waals surface area contributed by atoms with Crippen molar-refractivity contribution in [2.45, 2.75) is 13.8 Å². The molecule has 0 atom stereocenters. The Balaban J connectivity index is 1.78. The van der Waals surface area contributed by atoms with Crippen LogP contribution in [0.1, 0.15) is 13.8 Å². The van der Waals surface area contributed by atoms with Crippen LogP contribution in [0.25, 0.3) is 43.1 Å². The molecule has 0 saturated carbocycles. The predicted octanol–water partition coefficient (Wildman–Crippen LogP) is 9.92. The zero-order valence-corrected chi connectivity index (χ0v) is 20.1. The Labute approximate surface area is 206 Å². The van der Waals surface area contributed by atoms with Crippen molar-refractivity contribution < 1.29 is 0 Å². The van der Waals surface area contributed by atoms with Crippen molar-refractivity contribution in [1.29, 1.82) is 0 Å². The third-order valence-electron chi connectivity index (χ3n) is 6.87. The lowest BCUT2D eigenvalue weighted by atomic mass is 9.96. The highest BCUT2D eigenvalue weighted by Crippen LogP contribution is 2.44. The molecule has 0 aliphatic carbocycles. The lowest BCUT2D eigenvalue weighted by molar-refractivity contribution is 1.22. The molecule has 6 aromatic rings. The highest BCUT2D eigenvalue weighted by atomic mass is 15.1. The molecule has 0 saturated heterocycles. The Kier molecular flexibility index (Phi) is 5.31. The van der Waals surface area contributed by atoms with Crippen LogP contribution in [0.15, 0.2) is 133 Å². The minimum Gasteiger partial charge on any atom is -0.310 e. The van der Waals surface area contributed by atoms with Crippen molar-refractivity contribution in [3.8, 4) is 0 Å². The summed E-state index contributed by atoms with van der Waals surface area (Å²) in [6, 6.07) is 39.6. The summed E-state index contributed by atoms with van der Waals surface area (Å²) in [5.41, 5.74) is 3.52. The van der Waals surface area contributed by atoms with Crippen molar-refractivity contribution in [2.24, 2.45) is 0 Å². The van der Waals surface area contributed by atoms with E-state index in [1.54, 1.807) is 0 Å². The zero-order chi connectivity index (χ0) is 23.8. The second kappa shape index (κ2) is 8.77. The molecule has 0 unspecified atom stereocenters. The normalized spacial score (nSPS) is 12.3. The van der Waals surface area contributed by atoms with E-state index in [0.29, 0.717) is 0 Å². The quantitative estimate of drug-likeness (QED) is 0.191. The Hall–Kier alpha value is -4.36. The molecule has 168 valence electrons. The van der Waals surface area contributed by atoms with Crippen molar-refractivity contribution in [1.82, 2.24) is 0 Å². The fourth-order valence-electron chi connectivity index (χ4n) is 5.32. The highest BCUT2D eigenvalue weighted by Gasteiger charge is 2.20. The summed E-state index contributed by atoms with van der Waals surface area (Å²) >= 11 is 0. The van der Waals surface area contributed by atoms with E-state index in [-0.39, 0.29) is 0 Å². The fraction of sp³-hybridized carbons (Fsp3) is 0.0588. The Morgan fingerprint density at radius 1 is 0.514 bits per heavy atom. The van der Waals surface area contributed by atoms with Gasteiger partial charge in [-0.3, -0.25) is 0 Å². The molecule has 0 N–H and O–H groups in total. The van der Waals surface area contributed by atoms with Crippen LogP contribution in [0.5, 0.6) is 0 Å². The smallest absolute Gasteiger partial charge is 0.0546 e. The van der Waals surface area contributed by atoms with Gasteiger partial charge in [-0.2, -0.15) is 0 Å². The largest absolute Gasteiger partial charge is 0.310 e. The topological polar surface area (TPSA) is 3.24 Å². The molecule has 35 heavy (non-hydrogen) atoms. The van der Waals surface area contributed by atoms with E-state index < -0.39 is 0 Å². The number of benzene rings is 6. The first kappa shape index (κ1) is 21.2. The second-order valence-corrected chi connectivity index (χ2v) is 8.87. The second-order valence-electron chi connectivity index (χ2n) is 8.87. The minimum atomic E-state index is 1.15. The van der Waals surface area contributed by atoms with Crippen LogP contribution in [0, 0.1) is 0 Å². The molecule has 0 fully saturated rings. The lowest BCUT2D eigenvalue weighted by Crippen LogP contribution is -2.16. The molecule has 0 radical (unpaired) electrons. The van der Waals surface area contributed by atoms with Gasteiger partial charge in [0.1, 0.15) is 0 Å². The van der Waals surface area contributed by atoms with E-state index in [2.05, 4.69) is 146 Å². The number of allylic oxidation sites excluding steroid dienone is 3. The van der Waals surface area contributed by atoms with Crippen LogP contribution in [0.2, 0.25) is 0 Å². The van der Waals surface area contributed by atoms with Gasteiger partial charge in [-0.1, -0.05) is 109 Å². The minimum absolute atomic E-state index is 1.15. The monoisotopic (exact) mass is 449 g/mol. The van der Waals surface area contributed by atoms with Crippen LogP contribution in [-0.2, 0) is 0 Å². The SMILES string of the molecule is C/C=C\C(=C/C)N(c1cc2ccccc2c2ccccc12)c1cc2ccccc2c2ccccc12. The summed E-state index contributed by atoms with van der Waals surface area (Å²) in [7, 11) is 0. The molecule has 6 rings (SSSR count). The molecule has 1 heteroatoms. The van der Waals surface area contributed by atoms with Crippen molar-refractivity contribution in [3.05, 3.63) is 133 Å². The Morgan fingerprint density at radius 2 is 0.914 bits per heavy atom. The first-order valence-corrected chi connectivity index (χ1v) is 12.2. The van der Waals surface area contributed by atoms with Gasteiger partial charge in [-0.15, -0.1) is 0 Å². The lowest BCUT2D eigenvalue weighted by Gasteiger charge is -2.30. The Morgan fingerprint density at radius 3 is 1.34 bits per heavy atom. The molecule has 0 amide bonds. The van der Waals surface area contributed by atoms with Crippen LogP contribution < -0.4 is 4.90 Å². The molecule has 0 aliphatic heterocycles. The average molecular weight is 450 g/mol. The third kappa shape index (κ3) is 3.48.